The molecular weight excluding hydrogens is 387 g/mol. The van der Waals surface area contributed by atoms with Crippen LogP contribution >= 0.6 is 24.0 Å². The molecular formula is C20H26Cl2N2O3. The quantitative estimate of drug-likeness (QED) is 0.778. The summed E-state index contributed by atoms with van der Waals surface area (Å²) in [6.07, 6.45) is 0. The Balaban J connectivity index is 0.00000261. The molecule has 1 fully saturated rings. The van der Waals surface area contributed by atoms with Crippen molar-refractivity contribution in [1.29, 1.82) is 0 Å². The molecule has 1 aliphatic rings. The predicted octanol–water partition coefficient (Wildman–Crippen LogP) is 3.93. The average molecular weight is 413 g/mol. The molecule has 0 amide bonds. The van der Waals surface area contributed by atoms with Gasteiger partial charge in [0.05, 0.1) is 21.3 Å². The van der Waals surface area contributed by atoms with Gasteiger partial charge in [0.15, 0.2) is 11.5 Å². The number of halogens is 2. The Hall–Kier alpha value is -1.66. The molecule has 27 heavy (non-hydrogen) atoms. The maximum absolute atomic E-state index is 6.20. The van der Waals surface area contributed by atoms with Gasteiger partial charge >= 0.3 is 0 Å². The first-order valence-corrected chi connectivity index (χ1v) is 9.03. The van der Waals surface area contributed by atoms with Crippen LogP contribution in [0.3, 0.4) is 0 Å². The van der Waals surface area contributed by atoms with Crippen molar-refractivity contribution in [3.8, 4) is 17.2 Å². The molecule has 2 aromatic carbocycles. The van der Waals surface area contributed by atoms with E-state index in [0.29, 0.717) is 17.2 Å². The molecule has 1 atom stereocenters. The van der Waals surface area contributed by atoms with E-state index in [9.17, 15) is 0 Å². The Kier molecular flexibility index (Phi) is 8.05. The third-order valence-corrected chi connectivity index (χ3v) is 4.93. The van der Waals surface area contributed by atoms with Gasteiger partial charge in [-0.1, -0.05) is 23.7 Å². The topological polar surface area (TPSA) is 43.0 Å². The molecule has 0 aromatic heterocycles. The molecule has 1 saturated heterocycles. The van der Waals surface area contributed by atoms with Gasteiger partial charge in [0.1, 0.15) is 0 Å². The summed E-state index contributed by atoms with van der Waals surface area (Å²) < 4.78 is 16.4. The van der Waals surface area contributed by atoms with E-state index in [1.54, 1.807) is 21.3 Å². The van der Waals surface area contributed by atoms with Crippen LogP contribution in [0.25, 0.3) is 0 Å². The molecule has 0 radical (unpaired) electrons. The van der Waals surface area contributed by atoms with Crippen molar-refractivity contribution in [3.05, 3.63) is 52.5 Å². The maximum atomic E-state index is 6.20. The third kappa shape index (κ3) is 4.99. The minimum absolute atomic E-state index is 0. The first-order valence-electron chi connectivity index (χ1n) is 8.65. The van der Waals surface area contributed by atoms with Crippen LogP contribution in [0.5, 0.6) is 17.2 Å². The number of rotatable bonds is 6. The summed E-state index contributed by atoms with van der Waals surface area (Å²) in [6, 6.07) is 12.4. The highest BCUT2D eigenvalue weighted by atomic mass is 35.5. The maximum Gasteiger partial charge on any atom is 0.203 e. The smallest absolute Gasteiger partial charge is 0.203 e. The van der Waals surface area contributed by atoms with Gasteiger partial charge in [-0.2, -0.15) is 0 Å². The minimum atomic E-state index is 0. The Morgan fingerprint density at radius 1 is 1.07 bits per heavy atom. The first-order chi connectivity index (χ1) is 12.7. The molecule has 0 aliphatic carbocycles. The minimum Gasteiger partial charge on any atom is -0.493 e. The highest BCUT2D eigenvalue weighted by Gasteiger charge is 2.25. The summed E-state index contributed by atoms with van der Waals surface area (Å²) >= 11 is 6.20. The van der Waals surface area contributed by atoms with Crippen molar-refractivity contribution in [2.45, 2.75) is 12.6 Å². The lowest BCUT2D eigenvalue weighted by Gasteiger charge is -2.36. The second-order valence-corrected chi connectivity index (χ2v) is 6.72. The Morgan fingerprint density at radius 3 is 2.37 bits per heavy atom. The number of ether oxygens (including phenoxy) is 3. The zero-order valence-electron chi connectivity index (χ0n) is 15.8. The van der Waals surface area contributed by atoms with Gasteiger partial charge in [-0.15, -0.1) is 12.4 Å². The lowest BCUT2D eigenvalue weighted by Crippen LogP contribution is -2.45. The van der Waals surface area contributed by atoms with Crippen LogP contribution in [0.2, 0.25) is 5.02 Å². The Morgan fingerprint density at radius 2 is 1.78 bits per heavy atom. The zero-order valence-corrected chi connectivity index (χ0v) is 17.4. The fourth-order valence-electron chi connectivity index (χ4n) is 3.44. The Bertz CT molecular complexity index is 733. The van der Waals surface area contributed by atoms with Gasteiger partial charge in [0.25, 0.3) is 0 Å². The van der Waals surface area contributed by atoms with Gasteiger partial charge in [-0.05, 0) is 35.4 Å². The largest absolute Gasteiger partial charge is 0.493 e. The average Bonchev–Trinajstić information content (AvgIpc) is 2.67. The molecule has 0 bridgehead atoms. The summed E-state index contributed by atoms with van der Waals surface area (Å²) in [6.45, 7) is 3.59. The lowest BCUT2D eigenvalue weighted by molar-refractivity contribution is 0.153. The van der Waals surface area contributed by atoms with Crippen LogP contribution in [-0.2, 0) is 6.54 Å². The molecule has 1 heterocycles. The molecule has 1 unspecified atom stereocenters. The molecule has 1 aliphatic heterocycles. The van der Waals surface area contributed by atoms with Gasteiger partial charge in [0.2, 0.25) is 5.75 Å². The lowest BCUT2D eigenvalue weighted by atomic mass is 10.0. The van der Waals surface area contributed by atoms with Crippen LogP contribution in [0.15, 0.2) is 36.4 Å². The summed E-state index contributed by atoms with van der Waals surface area (Å²) in [5, 5.41) is 4.24. The van der Waals surface area contributed by atoms with Crippen molar-refractivity contribution in [3.63, 3.8) is 0 Å². The highest BCUT2D eigenvalue weighted by Crippen LogP contribution is 2.39. The highest BCUT2D eigenvalue weighted by molar-refractivity contribution is 6.30. The molecule has 5 nitrogen and oxygen atoms in total. The van der Waals surface area contributed by atoms with E-state index < -0.39 is 0 Å². The standard InChI is InChI=1S/C20H25ClN2O3.ClH/c1-24-18-9-14(10-19(25-2)20(18)26-3)13-23-8-7-22-12-17(23)15-5-4-6-16(21)11-15;/h4-6,9-11,17,22H,7-8,12-13H2,1-3H3;1H. The first kappa shape index (κ1) is 21.6. The molecule has 148 valence electrons. The summed E-state index contributed by atoms with van der Waals surface area (Å²) in [4.78, 5) is 2.45. The number of nitrogens with one attached hydrogen (secondary N) is 1. The number of benzene rings is 2. The normalized spacial score (nSPS) is 17.1. The van der Waals surface area contributed by atoms with E-state index >= 15 is 0 Å². The molecule has 2 aromatic rings. The fourth-order valence-corrected chi connectivity index (χ4v) is 3.64. The SMILES string of the molecule is COc1cc(CN2CCNCC2c2cccc(Cl)c2)cc(OC)c1OC.Cl. The van der Waals surface area contributed by atoms with Gasteiger partial charge in [-0.3, -0.25) is 4.90 Å². The van der Waals surface area contributed by atoms with Crippen molar-refractivity contribution in [1.82, 2.24) is 10.2 Å². The number of hydrogen-bond donors (Lipinski definition) is 1. The van der Waals surface area contributed by atoms with Gasteiger partial charge in [-0.25, -0.2) is 0 Å². The zero-order chi connectivity index (χ0) is 18.5. The Labute approximate surface area is 172 Å². The second kappa shape index (κ2) is 10.0. The summed E-state index contributed by atoms with van der Waals surface area (Å²) in [5.74, 6) is 1.97. The van der Waals surface area contributed by atoms with Crippen LogP contribution in [0, 0.1) is 0 Å². The molecule has 0 saturated carbocycles. The molecule has 7 heteroatoms. The molecule has 0 spiro atoms. The van der Waals surface area contributed by atoms with E-state index in [2.05, 4.69) is 16.3 Å². The van der Waals surface area contributed by atoms with Crippen molar-refractivity contribution in [2.24, 2.45) is 0 Å². The number of nitrogens with zero attached hydrogens (tertiary/aromatic N) is 1. The predicted molar refractivity (Wildman–Crippen MR) is 111 cm³/mol. The molecule has 1 N–H and O–H groups in total. The fraction of sp³-hybridized carbons (Fsp3) is 0.400. The van der Waals surface area contributed by atoms with E-state index in [0.717, 1.165) is 36.8 Å². The second-order valence-electron chi connectivity index (χ2n) is 6.28. The molecule has 3 rings (SSSR count). The van der Waals surface area contributed by atoms with Crippen LogP contribution in [0.4, 0.5) is 0 Å². The summed E-state index contributed by atoms with van der Waals surface area (Å²) in [5.41, 5.74) is 2.34. The summed E-state index contributed by atoms with van der Waals surface area (Å²) in [7, 11) is 4.90. The van der Waals surface area contributed by atoms with E-state index in [1.807, 2.05) is 30.3 Å². The van der Waals surface area contributed by atoms with E-state index in [4.69, 9.17) is 25.8 Å². The van der Waals surface area contributed by atoms with Crippen molar-refractivity contribution in [2.75, 3.05) is 41.0 Å². The van der Waals surface area contributed by atoms with Gasteiger partial charge < -0.3 is 19.5 Å². The van der Waals surface area contributed by atoms with Crippen molar-refractivity contribution >= 4 is 24.0 Å². The van der Waals surface area contributed by atoms with E-state index in [1.165, 1.54) is 5.56 Å². The monoisotopic (exact) mass is 412 g/mol. The van der Waals surface area contributed by atoms with Crippen LogP contribution in [0.1, 0.15) is 17.2 Å². The van der Waals surface area contributed by atoms with Crippen LogP contribution in [-0.4, -0.2) is 45.9 Å². The number of methoxy groups -OCH3 is 3. The number of piperazine rings is 1. The van der Waals surface area contributed by atoms with Crippen LogP contribution < -0.4 is 19.5 Å². The van der Waals surface area contributed by atoms with Crippen molar-refractivity contribution < 1.29 is 14.2 Å². The number of hydrogen-bond acceptors (Lipinski definition) is 5. The van der Waals surface area contributed by atoms with Gasteiger partial charge in [0, 0.05) is 37.2 Å². The third-order valence-electron chi connectivity index (χ3n) is 4.70. The van der Waals surface area contributed by atoms with E-state index in [-0.39, 0.29) is 18.4 Å².